The van der Waals surface area contributed by atoms with Crippen LogP contribution in [-0.4, -0.2) is 56.4 Å². The maximum absolute atomic E-state index is 12.0. The smallest absolute Gasteiger partial charge is 0.414 e. The van der Waals surface area contributed by atoms with E-state index in [0.717, 1.165) is 31.2 Å². The molecular weight excluding hydrogens is 320 g/mol. The molecule has 136 valence electrons. The summed E-state index contributed by atoms with van der Waals surface area (Å²) in [4.78, 5) is 27.5. The molecule has 2 fully saturated rings. The third kappa shape index (κ3) is 4.85. The van der Waals surface area contributed by atoms with Crippen molar-refractivity contribution in [1.29, 1.82) is 0 Å². The van der Waals surface area contributed by atoms with E-state index in [1.165, 1.54) is 12.8 Å². The molecule has 0 radical (unpaired) electrons. The Balaban J connectivity index is 1.39. The van der Waals surface area contributed by atoms with Gasteiger partial charge in [0.1, 0.15) is 6.61 Å². The lowest BCUT2D eigenvalue weighted by Crippen LogP contribution is -2.40. The van der Waals surface area contributed by atoms with E-state index in [9.17, 15) is 9.59 Å². The maximum Gasteiger partial charge on any atom is 0.414 e. The maximum atomic E-state index is 12.0. The molecule has 25 heavy (non-hydrogen) atoms. The standard InChI is InChI=1S/C18H26N4O3/c1-14-6-9-21(10-7-14)11-8-19-17(23)20-15-2-4-16(5-3-15)22-12-13-25-18(22)24/h2-5,14H,6-13H2,1H3,(H2,19,20,23). The largest absolute Gasteiger partial charge is 0.447 e. The minimum Gasteiger partial charge on any atom is -0.447 e. The van der Waals surface area contributed by atoms with Gasteiger partial charge in [-0.2, -0.15) is 0 Å². The van der Waals surface area contributed by atoms with Gasteiger partial charge in [0.15, 0.2) is 0 Å². The summed E-state index contributed by atoms with van der Waals surface area (Å²) in [5, 5.41) is 5.70. The lowest BCUT2D eigenvalue weighted by Gasteiger charge is -2.30. The summed E-state index contributed by atoms with van der Waals surface area (Å²) in [6.45, 7) is 7.02. The molecule has 0 spiro atoms. The van der Waals surface area contributed by atoms with Gasteiger partial charge in [-0.15, -0.1) is 0 Å². The summed E-state index contributed by atoms with van der Waals surface area (Å²) < 4.78 is 4.92. The van der Waals surface area contributed by atoms with E-state index < -0.39 is 0 Å². The molecule has 3 rings (SSSR count). The number of carbonyl (C=O) groups excluding carboxylic acids is 2. The fourth-order valence-electron chi connectivity index (χ4n) is 3.14. The molecule has 1 aromatic carbocycles. The molecule has 7 heteroatoms. The number of ether oxygens (including phenoxy) is 1. The summed E-state index contributed by atoms with van der Waals surface area (Å²) in [7, 11) is 0. The average molecular weight is 346 g/mol. The van der Waals surface area contributed by atoms with Gasteiger partial charge >= 0.3 is 12.1 Å². The van der Waals surface area contributed by atoms with Gasteiger partial charge in [-0.1, -0.05) is 6.92 Å². The number of urea groups is 1. The Bertz CT molecular complexity index is 597. The van der Waals surface area contributed by atoms with Crippen molar-refractivity contribution in [3.8, 4) is 0 Å². The molecule has 0 bridgehead atoms. The number of nitrogens with zero attached hydrogens (tertiary/aromatic N) is 2. The lowest BCUT2D eigenvalue weighted by molar-refractivity contribution is 0.181. The van der Waals surface area contributed by atoms with Crippen LogP contribution in [0.5, 0.6) is 0 Å². The molecule has 1 aromatic rings. The van der Waals surface area contributed by atoms with Crippen molar-refractivity contribution < 1.29 is 14.3 Å². The van der Waals surface area contributed by atoms with Gasteiger partial charge in [0.05, 0.1) is 6.54 Å². The first-order valence-corrected chi connectivity index (χ1v) is 8.93. The molecule has 2 aliphatic rings. The third-order valence-corrected chi connectivity index (χ3v) is 4.79. The van der Waals surface area contributed by atoms with Crippen molar-refractivity contribution >= 4 is 23.5 Å². The second-order valence-corrected chi connectivity index (χ2v) is 6.72. The highest BCUT2D eigenvalue weighted by Crippen LogP contribution is 2.21. The number of hydrogen-bond acceptors (Lipinski definition) is 4. The molecule has 3 amide bonds. The molecule has 2 aliphatic heterocycles. The van der Waals surface area contributed by atoms with E-state index in [0.29, 0.717) is 25.4 Å². The van der Waals surface area contributed by atoms with Crippen LogP contribution < -0.4 is 15.5 Å². The van der Waals surface area contributed by atoms with Gasteiger partial charge in [0, 0.05) is 24.5 Å². The fourth-order valence-corrected chi connectivity index (χ4v) is 3.14. The van der Waals surface area contributed by atoms with Gasteiger partial charge in [0.25, 0.3) is 0 Å². The second kappa shape index (κ2) is 8.20. The van der Waals surface area contributed by atoms with Crippen LogP contribution in [0.15, 0.2) is 24.3 Å². The number of amides is 3. The zero-order valence-electron chi connectivity index (χ0n) is 14.7. The van der Waals surface area contributed by atoms with Crippen LogP contribution in [-0.2, 0) is 4.74 Å². The SMILES string of the molecule is CC1CCN(CCNC(=O)Nc2ccc(N3CCOC3=O)cc2)CC1. The average Bonchev–Trinajstić information content (AvgIpc) is 3.03. The predicted molar refractivity (Wildman–Crippen MR) is 97.0 cm³/mol. The third-order valence-electron chi connectivity index (χ3n) is 4.79. The molecule has 2 saturated heterocycles. The van der Waals surface area contributed by atoms with E-state index in [-0.39, 0.29) is 12.1 Å². The van der Waals surface area contributed by atoms with Crippen molar-refractivity contribution in [1.82, 2.24) is 10.2 Å². The summed E-state index contributed by atoms with van der Waals surface area (Å²) in [5.41, 5.74) is 1.47. The van der Waals surface area contributed by atoms with E-state index in [1.807, 2.05) is 0 Å². The highest BCUT2D eigenvalue weighted by atomic mass is 16.6. The summed E-state index contributed by atoms with van der Waals surface area (Å²) in [5.74, 6) is 0.817. The number of rotatable bonds is 5. The highest BCUT2D eigenvalue weighted by molar-refractivity contribution is 5.91. The Hall–Kier alpha value is -2.28. The first-order chi connectivity index (χ1) is 12.1. The number of likely N-dealkylation sites (tertiary alicyclic amines) is 1. The molecule has 0 atom stereocenters. The van der Waals surface area contributed by atoms with E-state index in [4.69, 9.17) is 4.74 Å². The van der Waals surface area contributed by atoms with Crippen LogP contribution in [0.2, 0.25) is 0 Å². The molecule has 0 saturated carbocycles. The summed E-state index contributed by atoms with van der Waals surface area (Å²) in [6.07, 6.45) is 2.15. The van der Waals surface area contributed by atoms with Crippen molar-refractivity contribution in [2.45, 2.75) is 19.8 Å². The van der Waals surface area contributed by atoms with Crippen molar-refractivity contribution in [3.05, 3.63) is 24.3 Å². The number of carbonyl (C=O) groups is 2. The van der Waals surface area contributed by atoms with Crippen molar-refractivity contribution in [2.24, 2.45) is 5.92 Å². The first-order valence-electron chi connectivity index (χ1n) is 8.93. The summed E-state index contributed by atoms with van der Waals surface area (Å²) in [6, 6.07) is 6.96. The van der Waals surface area contributed by atoms with Crippen LogP contribution in [0.3, 0.4) is 0 Å². The number of benzene rings is 1. The highest BCUT2D eigenvalue weighted by Gasteiger charge is 2.23. The van der Waals surface area contributed by atoms with E-state index in [2.05, 4.69) is 22.5 Å². The molecule has 0 aliphatic carbocycles. The fraction of sp³-hybridized carbons (Fsp3) is 0.556. The second-order valence-electron chi connectivity index (χ2n) is 6.72. The molecule has 2 heterocycles. The number of cyclic esters (lactones) is 1. The van der Waals surface area contributed by atoms with E-state index in [1.54, 1.807) is 29.2 Å². The Kier molecular flexibility index (Phi) is 5.75. The van der Waals surface area contributed by atoms with Gasteiger partial charge in [-0.3, -0.25) is 4.90 Å². The van der Waals surface area contributed by atoms with Crippen molar-refractivity contribution in [2.75, 3.05) is 49.5 Å². The Morgan fingerprint density at radius 2 is 1.92 bits per heavy atom. The predicted octanol–water partition coefficient (Wildman–Crippen LogP) is 2.50. The first kappa shape index (κ1) is 17.5. The zero-order chi connectivity index (χ0) is 17.6. The Morgan fingerprint density at radius 3 is 2.56 bits per heavy atom. The van der Waals surface area contributed by atoms with Gasteiger partial charge in [-0.05, 0) is 56.1 Å². The molecule has 2 N–H and O–H groups in total. The number of anilines is 2. The van der Waals surface area contributed by atoms with Crippen LogP contribution in [0.25, 0.3) is 0 Å². The van der Waals surface area contributed by atoms with Gasteiger partial charge in [-0.25, -0.2) is 9.59 Å². The molecular formula is C18H26N4O3. The van der Waals surface area contributed by atoms with Gasteiger partial charge in [0.2, 0.25) is 0 Å². The Morgan fingerprint density at radius 1 is 1.20 bits per heavy atom. The minimum atomic E-state index is -0.328. The van der Waals surface area contributed by atoms with Crippen LogP contribution in [0, 0.1) is 5.92 Å². The quantitative estimate of drug-likeness (QED) is 0.859. The molecule has 7 nitrogen and oxygen atoms in total. The number of nitrogens with one attached hydrogen (secondary N) is 2. The van der Waals surface area contributed by atoms with Crippen LogP contribution in [0.1, 0.15) is 19.8 Å². The minimum absolute atomic E-state index is 0.210. The van der Waals surface area contributed by atoms with Crippen molar-refractivity contribution in [3.63, 3.8) is 0 Å². The monoisotopic (exact) mass is 346 g/mol. The lowest BCUT2D eigenvalue weighted by atomic mass is 9.99. The number of piperidine rings is 1. The zero-order valence-corrected chi connectivity index (χ0v) is 14.7. The summed E-state index contributed by atoms with van der Waals surface area (Å²) >= 11 is 0. The molecule has 0 unspecified atom stereocenters. The molecule has 0 aromatic heterocycles. The number of hydrogen-bond donors (Lipinski definition) is 2. The van der Waals surface area contributed by atoms with Gasteiger partial charge < -0.3 is 20.3 Å². The van der Waals surface area contributed by atoms with Crippen LogP contribution in [0.4, 0.5) is 21.0 Å². The van der Waals surface area contributed by atoms with E-state index >= 15 is 0 Å². The van der Waals surface area contributed by atoms with Crippen LogP contribution >= 0.6 is 0 Å². The topological polar surface area (TPSA) is 73.9 Å². The normalized spacial score (nSPS) is 18.9. The Labute approximate surface area is 148 Å².